The lowest BCUT2D eigenvalue weighted by Crippen LogP contribution is -2.13. The van der Waals surface area contributed by atoms with Crippen molar-refractivity contribution in [3.63, 3.8) is 0 Å². The summed E-state index contributed by atoms with van der Waals surface area (Å²) in [7, 11) is 0. The third kappa shape index (κ3) is 3.84. The first-order chi connectivity index (χ1) is 13.9. The number of carbonyl (C=O) groups excluding carboxylic acids is 1. The summed E-state index contributed by atoms with van der Waals surface area (Å²) in [6, 6.07) is 10.0. The zero-order chi connectivity index (χ0) is 20.5. The van der Waals surface area contributed by atoms with E-state index in [-0.39, 0.29) is 5.82 Å². The second kappa shape index (κ2) is 7.63. The number of hydrogen-bond acceptors (Lipinski definition) is 5. The molecule has 0 aliphatic carbocycles. The van der Waals surface area contributed by atoms with Gasteiger partial charge in [0.2, 0.25) is 0 Å². The number of aryl methyl sites for hydroxylation is 2. The van der Waals surface area contributed by atoms with Gasteiger partial charge in [0, 0.05) is 23.7 Å². The molecule has 6 nitrogen and oxygen atoms in total. The number of amides is 1. The number of carbonyl (C=O) groups is 1. The second-order valence-corrected chi connectivity index (χ2v) is 7.64. The van der Waals surface area contributed by atoms with Gasteiger partial charge in [-0.05, 0) is 44.0 Å². The highest BCUT2D eigenvalue weighted by molar-refractivity contribution is 7.13. The Morgan fingerprint density at radius 3 is 2.62 bits per heavy atom. The van der Waals surface area contributed by atoms with Crippen LogP contribution in [0.1, 0.15) is 27.4 Å². The molecular formula is C21H19FN4O2S. The van der Waals surface area contributed by atoms with Crippen LogP contribution in [0.3, 0.4) is 0 Å². The monoisotopic (exact) mass is 410 g/mol. The molecule has 148 valence electrons. The number of primary amides is 1. The molecule has 0 spiro atoms. The molecule has 1 amide bonds. The molecule has 1 aromatic carbocycles. The van der Waals surface area contributed by atoms with Crippen molar-refractivity contribution in [2.75, 3.05) is 0 Å². The Labute approximate surface area is 170 Å². The molecule has 4 aromatic rings. The van der Waals surface area contributed by atoms with Crippen LogP contribution in [0.5, 0.6) is 0 Å². The predicted octanol–water partition coefficient (Wildman–Crippen LogP) is 4.36. The van der Waals surface area contributed by atoms with E-state index in [0.29, 0.717) is 30.0 Å². The molecule has 0 unspecified atom stereocenters. The topological polar surface area (TPSA) is 86.9 Å². The van der Waals surface area contributed by atoms with Crippen LogP contribution in [0.25, 0.3) is 22.1 Å². The predicted molar refractivity (Wildman–Crippen MR) is 109 cm³/mol. The summed E-state index contributed by atoms with van der Waals surface area (Å²) in [5, 5.41) is 6.67. The van der Waals surface area contributed by atoms with E-state index in [1.54, 1.807) is 18.2 Å². The molecular weight excluding hydrogens is 391 g/mol. The number of rotatable bonds is 6. The number of benzene rings is 1. The SMILES string of the molecule is Cc1cc(-c2nc(-c3cc(C(N)=O)c(C)n3CCc3ccc(F)cc3)cs2)no1. The van der Waals surface area contributed by atoms with Crippen LogP contribution in [-0.2, 0) is 13.0 Å². The van der Waals surface area contributed by atoms with E-state index in [4.69, 9.17) is 10.3 Å². The maximum atomic E-state index is 13.2. The number of nitrogens with zero attached hydrogens (tertiary/aromatic N) is 3. The van der Waals surface area contributed by atoms with Gasteiger partial charge in [-0.2, -0.15) is 0 Å². The Morgan fingerprint density at radius 1 is 1.21 bits per heavy atom. The minimum absolute atomic E-state index is 0.263. The summed E-state index contributed by atoms with van der Waals surface area (Å²) in [6.45, 7) is 4.30. The minimum atomic E-state index is -0.480. The quantitative estimate of drug-likeness (QED) is 0.511. The normalized spacial score (nSPS) is 11.1. The maximum Gasteiger partial charge on any atom is 0.250 e. The fraction of sp³-hybridized carbons (Fsp3) is 0.190. The third-order valence-corrected chi connectivity index (χ3v) is 5.65. The number of halogens is 1. The molecule has 29 heavy (non-hydrogen) atoms. The first-order valence-electron chi connectivity index (χ1n) is 9.06. The highest BCUT2D eigenvalue weighted by atomic mass is 32.1. The van der Waals surface area contributed by atoms with Gasteiger partial charge in [-0.3, -0.25) is 4.79 Å². The average Bonchev–Trinajstić information content (AvgIpc) is 3.40. The van der Waals surface area contributed by atoms with E-state index in [1.807, 2.05) is 29.9 Å². The fourth-order valence-corrected chi connectivity index (χ4v) is 4.03. The lowest BCUT2D eigenvalue weighted by atomic mass is 10.1. The Kier molecular flexibility index (Phi) is 5.02. The van der Waals surface area contributed by atoms with Crippen LogP contribution in [-0.4, -0.2) is 20.6 Å². The fourth-order valence-electron chi connectivity index (χ4n) is 3.26. The highest BCUT2D eigenvalue weighted by Gasteiger charge is 2.19. The zero-order valence-electron chi connectivity index (χ0n) is 16.0. The molecule has 0 aliphatic heterocycles. The Morgan fingerprint density at radius 2 is 1.97 bits per heavy atom. The minimum Gasteiger partial charge on any atom is -0.366 e. The van der Waals surface area contributed by atoms with E-state index in [2.05, 4.69) is 10.1 Å². The Bertz CT molecular complexity index is 1170. The van der Waals surface area contributed by atoms with Gasteiger partial charge in [0.25, 0.3) is 5.91 Å². The molecule has 0 saturated carbocycles. The smallest absolute Gasteiger partial charge is 0.250 e. The molecule has 3 heterocycles. The van der Waals surface area contributed by atoms with Crippen LogP contribution in [0.4, 0.5) is 4.39 Å². The van der Waals surface area contributed by atoms with Gasteiger partial charge >= 0.3 is 0 Å². The molecule has 3 aromatic heterocycles. The van der Waals surface area contributed by atoms with Gasteiger partial charge in [-0.1, -0.05) is 17.3 Å². The Balaban J connectivity index is 1.69. The van der Waals surface area contributed by atoms with Gasteiger partial charge in [0.05, 0.1) is 17.0 Å². The number of nitrogens with two attached hydrogens (primary N) is 1. The molecule has 2 N–H and O–H groups in total. The van der Waals surface area contributed by atoms with E-state index in [1.165, 1.54) is 23.5 Å². The first-order valence-corrected chi connectivity index (χ1v) is 9.94. The van der Waals surface area contributed by atoms with Gasteiger partial charge in [0.1, 0.15) is 22.3 Å². The molecule has 0 aliphatic rings. The lowest BCUT2D eigenvalue weighted by molar-refractivity contribution is 0.0999. The van der Waals surface area contributed by atoms with Crippen molar-refractivity contribution >= 4 is 17.2 Å². The summed E-state index contributed by atoms with van der Waals surface area (Å²) < 4.78 is 20.3. The highest BCUT2D eigenvalue weighted by Crippen LogP contribution is 2.31. The van der Waals surface area contributed by atoms with Crippen LogP contribution in [0, 0.1) is 19.7 Å². The third-order valence-electron chi connectivity index (χ3n) is 4.78. The van der Waals surface area contributed by atoms with Crippen molar-refractivity contribution in [2.24, 2.45) is 5.73 Å². The number of hydrogen-bond donors (Lipinski definition) is 1. The van der Waals surface area contributed by atoms with Crippen molar-refractivity contribution in [2.45, 2.75) is 26.8 Å². The molecule has 0 bridgehead atoms. The molecule has 0 saturated heterocycles. The number of thiazole rings is 1. The Hall–Kier alpha value is -3.26. The summed E-state index contributed by atoms with van der Waals surface area (Å²) >= 11 is 1.45. The summed E-state index contributed by atoms with van der Waals surface area (Å²) in [4.78, 5) is 16.6. The summed E-state index contributed by atoms with van der Waals surface area (Å²) in [6.07, 6.45) is 0.681. The first kappa shape index (κ1) is 19.1. The van der Waals surface area contributed by atoms with Gasteiger partial charge < -0.3 is 14.8 Å². The number of aromatic nitrogens is 3. The standard InChI is InChI=1S/C21H19FN4O2S/c1-12-9-17(25-28-12)21-24-18(11-29-21)19-10-16(20(23)27)13(2)26(19)8-7-14-3-5-15(22)6-4-14/h3-6,9-11H,7-8H2,1-2H3,(H2,23,27). The zero-order valence-corrected chi connectivity index (χ0v) is 16.8. The lowest BCUT2D eigenvalue weighted by Gasteiger charge is -2.11. The molecule has 8 heteroatoms. The van der Waals surface area contributed by atoms with Crippen molar-refractivity contribution in [3.05, 3.63) is 70.2 Å². The summed E-state index contributed by atoms with van der Waals surface area (Å²) in [5.41, 5.74) is 10.0. The van der Waals surface area contributed by atoms with Crippen LogP contribution in [0.2, 0.25) is 0 Å². The van der Waals surface area contributed by atoms with Crippen LogP contribution in [0.15, 0.2) is 46.3 Å². The van der Waals surface area contributed by atoms with E-state index in [9.17, 15) is 9.18 Å². The molecule has 4 rings (SSSR count). The van der Waals surface area contributed by atoms with E-state index in [0.717, 1.165) is 27.7 Å². The van der Waals surface area contributed by atoms with Crippen molar-refractivity contribution in [1.29, 1.82) is 0 Å². The second-order valence-electron chi connectivity index (χ2n) is 6.78. The van der Waals surface area contributed by atoms with Gasteiger partial charge in [0.15, 0.2) is 0 Å². The summed E-state index contributed by atoms with van der Waals surface area (Å²) in [5.74, 6) is -0.0289. The van der Waals surface area contributed by atoms with Crippen molar-refractivity contribution in [1.82, 2.24) is 14.7 Å². The maximum absolute atomic E-state index is 13.2. The van der Waals surface area contributed by atoms with Crippen LogP contribution >= 0.6 is 11.3 Å². The van der Waals surface area contributed by atoms with Crippen molar-refractivity contribution in [3.8, 4) is 22.1 Å². The largest absolute Gasteiger partial charge is 0.366 e. The molecule has 0 atom stereocenters. The van der Waals surface area contributed by atoms with Crippen molar-refractivity contribution < 1.29 is 13.7 Å². The van der Waals surface area contributed by atoms with E-state index >= 15 is 0 Å². The van der Waals surface area contributed by atoms with Gasteiger partial charge in [-0.15, -0.1) is 11.3 Å². The average molecular weight is 410 g/mol. The van der Waals surface area contributed by atoms with Crippen LogP contribution < -0.4 is 5.73 Å². The molecule has 0 fully saturated rings. The van der Waals surface area contributed by atoms with E-state index < -0.39 is 5.91 Å². The van der Waals surface area contributed by atoms with Gasteiger partial charge in [-0.25, -0.2) is 9.37 Å². The molecule has 0 radical (unpaired) electrons.